The molecule has 0 atom stereocenters. The number of hydrogen-bond acceptors (Lipinski definition) is 3. The Morgan fingerprint density at radius 3 is 2.59 bits per heavy atom. The third-order valence-corrected chi connectivity index (χ3v) is 4.28. The minimum absolute atomic E-state index is 0.0220. The number of carbonyl (C=O) groups excluding carboxylic acids is 2. The Balaban J connectivity index is 2.01. The lowest BCUT2D eigenvalue weighted by atomic mass is 10.1. The normalized spacial score (nSPS) is 10.3. The highest BCUT2D eigenvalue weighted by Gasteiger charge is 2.14. The van der Waals surface area contributed by atoms with Crippen LogP contribution in [0.15, 0.2) is 41.8 Å². The van der Waals surface area contributed by atoms with Crippen molar-refractivity contribution in [3.8, 4) is 0 Å². The molecule has 0 aliphatic heterocycles. The van der Waals surface area contributed by atoms with E-state index in [1.807, 2.05) is 35.7 Å². The summed E-state index contributed by atoms with van der Waals surface area (Å²) in [5.41, 5.74) is 2.05. The van der Waals surface area contributed by atoms with Crippen molar-refractivity contribution in [1.29, 1.82) is 0 Å². The standard InChI is InChI=1S/C17H20N2O2S/c1-3-14-7-4-5-8-15(14)19(13(2)20)11-10-18-17(21)16-9-6-12-22-16/h4-9,12H,3,10-11H2,1-2H3,(H,18,21). The molecule has 4 nitrogen and oxygen atoms in total. The molecule has 1 aromatic carbocycles. The van der Waals surface area contributed by atoms with Crippen LogP contribution in [-0.2, 0) is 11.2 Å². The number of nitrogens with zero attached hydrogens (tertiary/aromatic N) is 1. The molecule has 2 rings (SSSR count). The van der Waals surface area contributed by atoms with E-state index in [1.54, 1.807) is 17.9 Å². The van der Waals surface area contributed by atoms with Crippen LogP contribution in [0.1, 0.15) is 29.1 Å². The first-order chi connectivity index (χ1) is 10.6. The van der Waals surface area contributed by atoms with Gasteiger partial charge in [0.05, 0.1) is 4.88 Å². The lowest BCUT2D eigenvalue weighted by Crippen LogP contribution is -2.37. The van der Waals surface area contributed by atoms with Crippen LogP contribution < -0.4 is 10.2 Å². The fourth-order valence-corrected chi connectivity index (χ4v) is 2.94. The van der Waals surface area contributed by atoms with E-state index in [0.29, 0.717) is 18.0 Å². The van der Waals surface area contributed by atoms with Crippen LogP contribution in [-0.4, -0.2) is 24.9 Å². The number of rotatable bonds is 6. The van der Waals surface area contributed by atoms with Crippen molar-refractivity contribution in [3.05, 3.63) is 52.2 Å². The SMILES string of the molecule is CCc1ccccc1N(CCNC(=O)c1cccs1)C(C)=O. The first-order valence-corrected chi connectivity index (χ1v) is 8.19. The number of carbonyl (C=O) groups is 2. The minimum atomic E-state index is -0.0951. The molecule has 2 amide bonds. The van der Waals surface area contributed by atoms with Gasteiger partial charge < -0.3 is 10.2 Å². The maximum atomic E-state index is 11.9. The van der Waals surface area contributed by atoms with Crippen molar-refractivity contribution in [2.24, 2.45) is 0 Å². The van der Waals surface area contributed by atoms with Crippen LogP contribution >= 0.6 is 11.3 Å². The molecule has 0 saturated heterocycles. The zero-order valence-electron chi connectivity index (χ0n) is 12.8. The molecular formula is C17H20N2O2S. The Kier molecular flexibility index (Phi) is 5.72. The predicted molar refractivity (Wildman–Crippen MR) is 90.5 cm³/mol. The van der Waals surface area contributed by atoms with Crippen molar-refractivity contribution in [2.75, 3.05) is 18.0 Å². The van der Waals surface area contributed by atoms with Gasteiger partial charge in [-0.15, -0.1) is 11.3 Å². The van der Waals surface area contributed by atoms with E-state index in [-0.39, 0.29) is 11.8 Å². The quantitative estimate of drug-likeness (QED) is 0.890. The third kappa shape index (κ3) is 3.95. The van der Waals surface area contributed by atoms with Gasteiger partial charge in [0.15, 0.2) is 0 Å². The Labute approximate surface area is 134 Å². The molecule has 1 N–H and O–H groups in total. The van der Waals surface area contributed by atoms with E-state index in [2.05, 4.69) is 12.2 Å². The fraction of sp³-hybridized carbons (Fsp3) is 0.294. The molecule has 0 spiro atoms. The maximum Gasteiger partial charge on any atom is 0.261 e. The topological polar surface area (TPSA) is 49.4 Å². The van der Waals surface area contributed by atoms with Crippen molar-refractivity contribution < 1.29 is 9.59 Å². The Hall–Kier alpha value is -2.14. The first-order valence-electron chi connectivity index (χ1n) is 7.31. The second kappa shape index (κ2) is 7.75. The number of thiophene rings is 1. The Bertz CT molecular complexity index is 638. The molecule has 22 heavy (non-hydrogen) atoms. The fourth-order valence-electron chi connectivity index (χ4n) is 2.30. The zero-order valence-corrected chi connectivity index (χ0v) is 13.7. The molecule has 0 saturated carbocycles. The maximum absolute atomic E-state index is 11.9. The molecule has 0 unspecified atom stereocenters. The molecule has 0 aliphatic rings. The summed E-state index contributed by atoms with van der Waals surface area (Å²) in [5.74, 6) is -0.117. The average molecular weight is 316 g/mol. The summed E-state index contributed by atoms with van der Waals surface area (Å²) >= 11 is 1.41. The van der Waals surface area contributed by atoms with Gasteiger partial charge in [0.25, 0.3) is 5.91 Å². The van der Waals surface area contributed by atoms with Crippen LogP contribution in [0.5, 0.6) is 0 Å². The largest absolute Gasteiger partial charge is 0.350 e. The van der Waals surface area contributed by atoms with E-state index in [9.17, 15) is 9.59 Å². The van der Waals surface area contributed by atoms with E-state index in [4.69, 9.17) is 0 Å². The highest BCUT2D eigenvalue weighted by Crippen LogP contribution is 2.20. The molecule has 0 bridgehead atoms. The van der Waals surface area contributed by atoms with Crippen LogP contribution in [0, 0.1) is 0 Å². The van der Waals surface area contributed by atoms with Gasteiger partial charge in [-0.1, -0.05) is 31.2 Å². The Morgan fingerprint density at radius 1 is 1.18 bits per heavy atom. The van der Waals surface area contributed by atoms with E-state index >= 15 is 0 Å². The third-order valence-electron chi connectivity index (χ3n) is 3.41. The lowest BCUT2D eigenvalue weighted by Gasteiger charge is -2.23. The summed E-state index contributed by atoms with van der Waals surface area (Å²) in [6.07, 6.45) is 0.863. The molecule has 1 heterocycles. The molecule has 116 valence electrons. The van der Waals surface area contributed by atoms with Gasteiger partial charge in [0, 0.05) is 25.7 Å². The number of anilines is 1. The van der Waals surface area contributed by atoms with Crippen LogP contribution in [0.2, 0.25) is 0 Å². The van der Waals surface area contributed by atoms with Crippen LogP contribution in [0.3, 0.4) is 0 Å². The molecule has 0 radical (unpaired) electrons. The molecule has 1 aromatic heterocycles. The lowest BCUT2D eigenvalue weighted by molar-refractivity contribution is -0.116. The monoisotopic (exact) mass is 316 g/mol. The number of para-hydroxylation sites is 1. The summed E-state index contributed by atoms with van der Waals surface area (Å²) in [5, 5.41) is 4.72. The zero-order chi connectivity index (χ0) is 15.9. The number of benzene rings is 1. The second-order valence-electron chi connectivity index (χ2n) is 4.89. The summed E-state index contributed by atoms with van der Waals surface area (Å²) < 4.78 is 0. The summed E-state index contributed by atoms with van der Waals surface area (Å²) in [7, 11) is 0. The summed E-state index contributed by atoms with van der Waals surface area (Å²) in [6.45, 7) is 4.50. The summed E-state index contributed by atoms with van der Waals surface area (Å²) in [6, 6.07) is 11.5. The van der Waals surface area contributed by atoms with Gasteiger partial charge >= 0.3 is 0 Å². The predicted octanol–water partition coefficient (Wildman–Crippen LogP) is 3.09. The summed E-state index contributed by atoms with van der Waals surface area (Å²) in [4.78, 5) is 26.2. The second-order valence-corrected chi connectivity index (χ2v) is 5.83. The van der Waals surface area contributed by atoms with Crippen LogP contribution in [0.4, 0.5) is 5.69 Å². The number of amides is 2. The van der Waals surface area contributed by atoms with Crippen molar-refractivity contribution in [2.45, 2.75) is 20.3 Å². The number of nitrogens with one attached hydrogen (secondary N) is 1. The van der Waals surface area contributed by atoms with Gasteiger partial charge in [-0.3, -0.25) is 9.59 Å². The van der Waals surface area contributed by atoms with E-state index in [1.165, 1.54) is 11.3 Å². The van der Waals surface area contributed by atoms with Gasteiger partial charge in [-0.05, 0) is 29.5 Å². The van der Waals surface area contributed by atoms with E-state index in [0.717, 1.165) is 17.7 Å². The molecule has 2 aromatic rings. The highest BCUT2D eigenvalue weighted by atomic mass is 32.1. The smallest absolute Gasteiger partial charge is 0.261 e. The van der Waals surface area contributed by atoms with Crippen molar-refractivity contribution >= 4 is 28.8 Å². The number of hydrogen-bond donors (Lipinski definition) is 1. The molecule has 5 heteroatoms. The minimum Gasteiger partial charge on any atom is -0.350 e. The van der Waals surface area contributed by atoms with Gasteiger partial charge in [-0.2, -0.15) is 0 Å². The van der Waals surface area contributed by atoms with Crippen LogP contribution in [0.25, 0.3) is 0 Å². The van der Waals surface area contributed by atoms with Gasteiger partial charge in [0.1, 0.15) is 0 Å². The van der Waals surface area contributed by atoms with Gasteiger partial charge in [0.2, 0.25) is 5.91 Å². The average Bonchev–Trinajstić information content (AvgIpc) is 3.05. The molecule has 0 fully saturated rings. The van der Waals surface area contributed by atoms with E-state index < -0.39 is 0 Å². The highest BCUT2D eigenvalue weighted by molar-refractivity contribution is 7.12. The van der Waals surface area contributed by atoms with Crippen molar-refractivity contribution in [3.63, 3.8) is 0 Å². The van der Waals surface area contributed by atoms with Crippen molar-refractivity contribution in [1.82, 2.24) is 5.32 Å². The molecule has 0 aliphatic carbocycles. The number of aryl methyl sites for hydroxylation is 1. The van der Waals surface area contributed by atoms with Gasteiger partial charge in [-0.25, -0.2) is 0 Å². The Morgan fingerprint density at radius 2 is 1.95 bits per heavy atom. The molecular weight excluding hydrogens is 296 g/mol. The first kappa shape index (κ1) is 16.2.